The first-order chi connectivity index (χ1) is 9.46. The highest BCUT2D eigenvalue weighted by atomic mass is 32.2. The molecule has 1 amide bonds. The highest BCUT2D eigenvalue weighted by Crippen LogP contribution is 2.18. The molecule has 1 aliphatic heterocycles. The van der Waals surface area contributed by atoms with Crippen LogP contribution in [0.3, 0.4) is 0 Å². The van der Waals surface area contributed by atoms with Gasteiger partial charge in [-0.15, -0.1) is 10.2 Å². The summed E-state index contributed by atoms with van der Waals surface area (Å²) in [6.45, 7) is 1.26. The summed E-state index contributed by atoms with van der Waals surface area (Å²) < 4.78 is 29.6. The van der Waals surface area contributed by atoms with Crippen molar-refractivity contribution in [3.8, 4) is 0 Å². The second kappa shape index (κ2) is 6.24. The van der Waals surface area contributed by atoms with Crippen molar-refractivity contribution in [1.82, 2.24) is 30.2 Å². The summed E-state index contributed by atoms with van der Waals surface area (Å²) in [6, 6.07) is 0. The van der Waals surface area contributed by atoms with E-state index in [4.69, 9.17) is 4.74 Å². The molecule has 2 heterocycles. The number of hydrogen-bond donors (Lipinski definition) is 2. The third-order valence-electron chi connectivity index (χ3n) is 2.77. The van der Waals surface area contributed by atoms with Gasteiger partial charge in [0.15, 0.2) is 0 Å². The molecule has 1 unspecified atom stereocenters. The Labute approximate surface area is 115 Å². The van der Waals surface area contributed by atoms with Gasteiger partial charge in [0.05, 0.1) is 19.4 Å². The van der Waals surface area contributed by atoms with Gasteiger partial charge < -0.3 is 9.64 Å². The Morgan fingerprint density at radius 1 is 1.60 bits per heavy atom. The van der Waals surface area contributed by atoms with Gasteiger partial charge in [-0.3, -0.25) is 4.79 Å². The van der Waals surface area contributed by atoms with Gasteiger partial charge in [0.1, 0.15) is 6.10 Å². The lowest BCUT2D eigenvalue weighted by atomic mass is 10.2. The minimum absolute atomic E-state index is 0.0852. The summed E-state index contributed by atoms with van der Waals surface area (Å²) in [7, 11) is -3.27. The predicted octanol–water partition coefficient (Wildman–Crippen LogP) is -1.96. The molecule has 0 spiro atoms. The largest absolute Gasteiger partial charge is 0.366 e. The van der Waals surface area contributed by atoms with Crippen molar-refractivity contribution in [3.05, 3.63) is 5.82 Å². The second-order valence-electron chi connectivity index (χ2n) is 4.39. The van der Waals surface area contributed by atoms with E-state index in [2.05, 4.69) is 25.3 Å². The molecule has 0 radical (unpaired) electrons. The summed E-state index contributed by atoms with van der Waals surface area (Å²) in [5.74, 6) is 0.259. The van der Waals surface area contributed by atoms with Crippen LogP contribution in [0.2, 0.25) is 0 Å². The third kappa shape index (κ3) is 4.21. The minimum atomic E-state index is -3.27. The van der Waals surface area contributed by atoms with Crippen LogP contribution in [0.5, 0.6) is 0 Å². The van der Waals surface area contributed by atoms with E-state index in [1.54, 1.807) is 4.90 Å². The smallest absolute Gasteiger partial charge is 0.224 e. The molecule has 1 aliphatic rings. The van der Waals surface area contributed by atoms with Crippen LogP contribution < -0.4 is 4.72 Å². The van der Waals surface area contributed by atoms with Crippen LogP contribution in [0.15, 0.2) is 0 Å². The van der Waals surface area contributed by atoms with E-state index in [1.807, 2.05) is 0 Å². The maximum absolute atomic E-state index is 12.0. The molecule has 1 atom stereocenters. The minimum Gasteiger partial charge on any atom is -0.366 e. The number of aromatic amines is 1. The van der Waals surface area contributed by atoms with Crippen LogP contribution in [0.1, 0.15) is 18.3 Å². The number of carbonyl (C=O) groups excluding carboxylic acids is 1. The van der Waals surface area contributed by atoms with Crippen LogP contribution in [-0.4, -0.2) is 72.3 Å². The first kappa shape index (κ1) is 14.8. The number of nitrogens with zero attached hydrogens (tertiary/aromatic N) is 4. The van der Waals surface area contributed by atoms with Gasteiger partial charge in [0.2, 0.25) is 21.8 Å². The highest BCUT2D eigenvalue weighted by molar-refractivity contribution is 7.88. The molecular weight excluding hydrogens is 288 g/mol. The Kier molecular flexibility index (Phi) is 4.62. The number of ether oxygens (including phenoxy) is 1. The molecule has 112 valence electrons. The molecule has 1 saturated heterocycles. The average Bonchev–Trinajstić information content (AvgIpc) is 2.91. The number of H-pyrrole nitrogens is 1. The monoisotopic (exact) mass is 304 g/mol. The van der Waals surface area contributed by atoms with Crippen LogP contribution in [0.25, 0.3) is 0 Å². The molecule has 2 rings (SSSR count). The zero-order valence-corrected chi connectivity index (χ0v) is 11.8. The average molecular weight is 304 g/mol. The number of nitrogens with one attached hydrogen (secondary N) is 2. The SMILES string of the molecule is CS(=O)(=O)NCCC(=O)N1CCOC(c2nn[nH]n2)C1. The lowest BCUT2D eigenvalue weighted by Crippen LogP contribution is -2.43. The predicted molar refractivity (Wildman–Crippen MR) is 66.9 cm³/mol. The van der Waals surface area contributed by atoms with Crippen LogP contribution >= 0.6 is 0 Å². The molecule has 2 N–H and O–H groups in total. The van der Waals surface area contributed by atoms with E-state index in [0.29, 0.717) is 25.5 Å². The van der Waals surface area contributed by atoms with Crippen LogP contribution in [-0.2, 0) is 19.6 Å². The van der Waals surface area contributed by atoms with E-state index in [9.17, 15) is 13.2 Å². The molecule has 0 aromatic carbocycles. The number of morpholine rings is 1. The van der Waals surface area contributed by atoms with Gasteiger partial charge in [-0.2, -0.15) is 5.21 Å². The summed E-state index contributed by atoms with van der Waals surface area (Å²) in [6.07, 6.45) is 0.749. The van der Waals surface area contributed by atoms with E-state index < -0.39 is 16.1 Å². The van der Waals surface area contributed by atoms with Crippen LogP contribution in [0, 0.1) is 0 Å². The molecule has 1 aromatic rings. The normalized spacial score (nSPS) is 20.1. The Hall–Kier alpha value is -1.59. The molecule has 20 heavy (non-hydrogen) atoms. The van der Waals surface area contributed by atoms with Crippen molar-refractivity contribution in [2.45, 2.75) is 12.5 Å². The quantitative estimate of drug-likeness (QED) is 0.645. The Morgan fingerprint density at radius 3 is 3.05 bits per heavy atom. The van der Waals surface area contributed by atoms with Gasteiger partial charge >= 0.3 is 0 Å². The molecule has 10 nitrogen and oxygen atoms in total. The fourth-order valence-corrected chi connectivity index (χ4v) is 2.31. The summed E-state index contributed by atoms with van der Waals surface area (Å²) in [5, 5.41) is 13.4. The van der Waals surface area contributed by atoms with Crippen molar-refractivity contribution in [2.75, 3.05) is 32.5 Å². The molecule has 0 bridgehead atoms. The zero-order chi connectivity index (χ0) is 14.6. The van der Waals surface area contributed by atoms with Crippen molar-refractivity contribution in [2.24, 2.45) is 0 Å². The lowest BCUT2D eigenvalue weighted by Gasteiger charge is -2.31. The van der Waals surface area contributed by atoms with Crippen molar-refractivity contribution >= 4 is 15.9 Å². The van der Waals surface area contributed by atoms with E-state index in [0.717, 1.165) is 6.26 Å². The van der Waals surface area contributed by atoms with Gasteiger partial charge in [-0.05, 0) is 0 Å². The van der Waals surface area contributed by atoms with Crippen molar-refractivity contribution in [3.63, 3.8) is 0 Å². The van der Waals surface area contributed by atoms with Crippen molar-refractivity contribution < 1.29 is 17.9 Å². The van der Waals surface area contributed by atoms with Crippen molar-refractivity contribution in [1.29, 1.82) is 0 Å². The number of carbonyl (C=O) groups is 1. The van der Waals surface area contributed by atoms with Gasteiger partial charge in [0.25, 0.3) is 0 Å². The standard InChI is InChI=1S/C9H16N6O4S/c1-20(17,18)10-3-2-8(16)15-4-5-19-7(6-15)9-11-13-14-12-9/h7,10H,2-6H2,1H3,(H,11,12,13,14). The first-order valence-electron chi connectivity index (χ1n) is 6.03. The summed E-state index contributed by atoms with van der Waals surface area (Å²) in [4.78, 5) is 13.6. The number of hydrogen-bond acceptors (Lipinski definition) is 7. The molecule has 11 heteroatoms. The van der Waals surface area contributed by atoms with Gasteiger partial charge in [-0.1, -0.05) is 5.21 Å². The summed E-state index contributed by atoms with van der Waals surface area (Å²) in [5.41, 5.74) is 0. The lowest BCUT2D eigenvalue weighted by molar-refractivity contribution is -0.139. The second-order valence-corrected chi connectivity index (χ2v) is 6.22. The number of sulfonamides is 1. The maximum Gasteiger partial charge on any atom is 0.224 e. The Morgan fingerprint density at radius 2 is 2.40 bits per heavy atom. The third-order valence-corrected chi connectivity index (χ3v) is 3.50. The van der Waals surface area contributed by atoms with E-state index >= 15 is 0 Å². The molecular formula is C9H16N6O4S. The van der Waals surface area contributed by atoms with E-state index in [-0.39, 0.29) is 18.9 Å². The number of amides is 1. The Balaban J connectivity index is 1.84. The van der Waals surface area contributed by atoms with Gasteiger partial charge in [-0.25, -0.2) is 13.1 Å². The van der Waals surface area contributed by atoms with Gasteiger partial charge in [0, 0.05) is 19.5 Å². The zero-order valence-electron chi connectivity index (χ0n) is 10.9. The highest BCUT2D eigenvalue weighted by Gasteiger charge is 2.27. The fraction of sp³-hybridized carbons (Fsp3) is 0.778. The maximum atomic E-state index is 12.0. The van der Waals surface area contributed by atoms with Crippen LogP contribution in [0.4, 0.5) is 0 Å². The fourth-order valence-electron chi connectivity index (χ4n) is 1.84. The molecule has 1 aromatic heterocycles. The number of rotatable bonds is 5. The molecule has 0 aliphatic carbocycles. The topological polar surface area (TPSA) is 130 Å². The Bertz CT molecular complexity index is 545. The number of tetrazole rings is 1. The molecule has 1 fully saturated rings. The first-order valence-corrected chi connectivity index (χ1v) is 7.92. The number of aromatic nitrogens is 4. The summed E-state index contributed by atoms with van der Waals surface area (Å²) >= 11 is 0. The molecule has 0 saturated carbocycles. The van der Waals surface area contributed by atoms with E-state index in [1.165, 1.54) is 0 Å².